The van der Waals surface area contributed by atoms with Gasteiger partial charge in [-0.2, -0.15) is 5.26 Å². The van der Waals surface area contributed by atoms with E-state index in [1.165, 1.54) is 17.3 Å². The monoisotopic (exact) mass is 276 g/mol. The maximum absolute atomic E-state index is 8.74. The van der Waals surface area contributed by atoms with Crippen LogP contribution in [0.15, 0.2) is 48.3 Å². The lowest BCUT2D eigenvalue weighted by molar-refractivity contribution is 0.679. The first kappa shape index (κ1) is 13.3. The molecule has 4 heteroatoms. The molecule has 1 saturated heterocycles. The summed E-state index contributed by atoms with van der Waals surface area (Å²) in [6.45, 7) is 1.89. The van der Waals surface area contributed by atoms with E-state index in [1.54, 1.807) is 6.20 Å². The van der Waals surface area contributed by atoms with E-state index in [0.717, 1.165) is 31.7 Å². The highest BCUT2D eigenvalue weighted by Crippen LogP contribution is 2.22. The van der Waals surface area contributed by atoms with Crippen molar-refractivity contribution in [2.45, 2.75) is 12.8 Å². The molecule has 0 saturated carbocycles. The Labute approximate surface area is 124 Å². The molecule has 2 heterocycles. The van der Waals surface area contributed by atoms with Crippen molar-refractivity contribution in [3.63, 3.8) is 0 Å². The van der Waals surface area contributed by atoms with E-state index in [9.17, 15) is 0 Å². The molecule has 0 N–H and O–H groups in total. The molecule has 21 heavy (non-hydrogen) atoms. The lowest BCUT2D eigenvalue weighted by Gasteiger charge is -2.29. The van der Waals surface area contributed by atoms with Crippen molar-refractivity contribution in [3.05, 3.63) is 59.6 Å². The summed E-state index contributed by atoms with van der Waals surface area (Å²) in [6, 6.07) is 12.4. The summed E-state index contributed by atoms with van der Waals surface area (Å²) in [6.07, 6.45) is 7.57. The molecule has 0 amide bonds. The fraction of sp³-hybridized carbons (Fsp3) is 0.235. The normalized spacial score (nSPS) is 14.6. The third kappa shape index (κ3) is 3.26. The third-order valence-electron chi connectivity index (χ3n) is 3.65. The second-order valence-corrected chi connectivity index (χ2v) is 5.07. The molecule has 1 fully saturated rings. The summed E-state index contributed by atoms with van der Waals surface area (Å²) in [5.41, 5.74) is 3.10. The van der Waals surface area contributed by atoms with Crippen molar-refractivity contribution < 1.29 is 0 Å². The van der Waals surface area contributed by atoms with E-state index in [1.807, 2.05) is 12.1 Å². The first-order valence-electron chi connectivity index (χ1n) is 7.07. The quantitative estimate of drug-likeness (QED) is 0.846. The smallest absolute Gasteiger partial charge is 0.158 e. The number of nitrogens with zero attached hydrogens (tertiary/aromatic N) is 4. The van der Waals surface area contributed by atoms with Gasteiger partial charge < -0.3 is 4.90 Å². The molecule has 4 nitrogen and oxygen atoms in total. The van der Waals surface area contributed by atoms with Crippen molar-refractivity contribution in [2.75, 3.05) is 18.0 Å². The SMILES string of the molecule is N#Cc1cnc(N2CCC(=Cc3ccccc3)CC2)cn1. The Balaban J connectivity index is 1.65. The van der Waals surface area contributed by atoms with Crippen LogP contribution in [0.2, 0.25) is 0 Å². The first-order chi connectivity index (χ1) is 10.3. The maximum atomic E-state index is 8.74. The van der Waals surface area contributed by atoms with Crippen molar-refractivity contribution in [2.24, 2.45) is 0 Å². The van der Waals surface area contributed by atoms with Crippen LogP contribution in [0.5, 0.6) is 0 Å². The molecule has 1 aromatic heterocycles. The number of anilines is 1. The molecule has 0 bridgehead atoms. The van der Waals surface area contributed by atoms with Crippen LogP contribution in [0.4, 0.5) is 5.82 Å². The van der Waals surface area contributed by atoms with Gasteiger partial charge in [-0.05, 0) is 18.4 Å². The zero-order valence-electron chi connectivity index (χ0n) is 11.7. The van der Waals surface area contributed by atoms with Gasteiger partial charge in [-0.25, -0.2) is 9.97 Å². The minimum atomic E-state index is 0.362. The van der Waals surface area contributed by atoms with Crippen molar-refractivity contribution in [1.29, 1.82) is 5.26 Å². The van der Waals surface area contributed by atoms with E-state index in [-0.39, 0.29) is 0 Å². The molecular weight excluding hydrogens is 260 g/mol. The molecule has 3 rings (SSSR count). The lowest BCUT2D eigenvalue weighted by Crippen LogP contribution is -2.31. The van der Waals surface area contributed by atoms with E-state index >= 15 is 0 Å². The number of aromatic nitrogens is 2. The van der Waals surface area contributed by atoms with Gasteiger partial charge in [-0.15, -0.1) is 0 Å². The predicted octanol–water partition coefficient (Wildman–Crippen LogP) is 3.03. The standard InChI is InChI=1S/C17H16N4/c18-11-16-12-20-17(13-19-16)21-8-6-15(7-9-21)10-14-4-2-1-3-5-14/h1-5,10,12-13H,6-9H2. The molecule has 1 aliphatic heterocycles. The first-order valence-corrected chi connectivity index (χ1v) is 7.07. The molecule has 2 aromatic rings. The summed E-state index contributed by atoms with van der Waals surface area (Å²) in [4.78, 5) is 10.6. The van der Waals surface area contributed by atoms with E-state index < -0.39 is 0 Å². The van der Waals surface area contributed by atoms with Crippen LogP contribution in [0.1, 0.15) is 24.1 Å². The van der Waals surface area contributed by atoms with Crippen LogP contribution in [-0.4, -0.2) is 23.1 Å². The number of nitriles is 1. The van der Waals surface area contributed by atoms with E-state index in [0.29, 0.717) is 5.69 Å². The van der Waals surface area contributed by atoms with Gasteiger partial charge in [-0.1, -0.05) is 42.0 Å². The van der Waals surface area contributed by atoms with Crippen LogP contribution in [0, 0.1) is 11.3 Å². The Bertz CT molecular complexity index is 658. The average molecular weight is 276 g/mol. The maximum Gasteiger partial charge on any atom is 0.158 e. The minimum absolute atomic E-state index is 0.362. The van der Waals surface area contributed by atoms with Gasteiger partial charge in [0, 0.05) is 13.1 Å². The number of benzene rings is 1. The molecule has 0 aliphatic carbocycles. The molecule has 0 radical (unpaired) electrons. The lowest BCUT2D eigenvalue weighted by atomic mass is 10.0. The topological polar surface area (TPSA) is 52.8 Å². The van der Waals surface area contributed by atoms with Gasteiger partial charge in [0.2, 0.25) is 0 Å². The fourth-order valence-corrected chi connectivity index (χ4v) is 2.49. The van der Waals surface area contributed by atoms with Gasteiger partial charge in [0.1, 0.15) is 11.9 Å². The van der Waals surface area contributed by atoms with Gasteiger partial charge in [0.15, 0.2) is 5.69 Å². The average Bonchev–Trinajstić information content (AvgIpc) is 2.57. The summed E-state index contributed by atoms with van der Waals surface area (Å²) in [5, 5.41) is 8.74. The number of hydrogen-bond acceptors (Lipinski definition) is 4. The van der Waals surface area contributed by atoms with Crippen LogP contribution >= 0.6 is 0 Å². The molecule has 104 valence electrons. The van der Waals surface area contributed by atoms with Crippen molar-refractivity contribution in [3.8, 4) is 6.07 Å². The molecule has 1 aliphatic rings. The second-order valence-electron chi connectivity index (χ2n) is 5.07. The Kier molecular flexibility index (Phi) is 3.92. The van der Waals surface area contributed by atoms with Crippen molar-refractivity contribution in [1.82, 2.24) is 9.97 Å². The number of hydrogen-bond donors (Lipinski definition) is 0. The van der Waals surface area contributed by atoms with Crippen LogP contribution < -0.4 is 4.90 Å². The molecular formula is C17H16N4. The highest BCUT2D eigenvalue weighted by atomic mass is 15.2. The van der Waals surface area contributed by atoms with Gasteiger partial charge in [0.05, 0.1) is 12.4 Å². The minimum Gasteiger partial charge on any atom is -0.355 e. The van der Waals surface area contributed by atoms with E-state index in [4.69, 9.17) is 5.26 Å². The fourth-order valence-electron chi connectivity index (χ4n) is 2.49. The Morgan fingerprint density at radius 3 is 2.43 bits per heavy atom. The van der Waals surface area contributed by atoms with Crippen molar-refractivity contribution >= 4 is 11.9 Å². The summed E-state index contributed by atoms with van der Waals surface area (Å²) in [7, 11) is 0. The van der Waals surface area contributed by atoms with Crippen LogP contribution in [0.3, 0.4) is 0 Å². The molecule has 0 spiro atoms. The number of piperidine rings is 1. The highest BCUT2D eigenvalue weighted by Gasteiger charge is 2.15. The predicted molar refractivity (Wildman–Crippen MR) is 82.6 cm³/mol. The van der Waals surface area contributed by atoms with Gasteiger partial charge >= 0.3 is 0 Å². The van der Waals surface area contributed by atoms with Gasteiger partial charge in [0.25, 0.3) is 0 Å². The van der Waals surface area contributed by atoms with Crippen LogP contribution in [0.25, 0.3) is 6.08 Å². The van der Waals surface area contributed by atoms with E-state index in [2.05, 4.69) is 45.2 Å². The third-order valence-corrected chi connectivity index (χ3v) is 3.65. The Morgan fingerprint density at radius 2 is 1.81 bits per heavy atom. The summed E-state index contributed by atoms with van der Waals surface area (Å²) < 4.78 is 0. The second kappa shape index (κ2) is 6.19. The zero-order valence-corrected chi connectivity index (χ0v) is 11.7. The number of rotatable bonds is 2. The Hall–Kier alpha value is -2.67. The zero-order chi connectivity index (χ0) is 14.5. The summed E-state index contributed by atoms with van der Waals surface area (Å²) >= 11 is 0. The molecule has 0 atom stereocenters. The molecule has 1 aromatic carbocycles. The summed E-state index contributed by atoms with van der Waals surface area (Å²) in [5.74, 6) is 0.854. The molecule has 0 unspecified atom stereocenters. The Morgan fingerprint density at radius 1 is 1.05 bits per heavy atom. The van der Waals surface area contributed by atoms with Crippen LogP contribution in [-0.2, 0) is 0 Å². The van der Waals surface area contributed by atoms with Gasteiger partial charge in [-0.3, -0.25) is 0 Å². The highest BCUT2D eigenvalue weighted by molar-refractivity contribution is 5.54. The largest absolute Gasteiger partial charge is 0.355 e.